The second kappa shape index (κ2) is 11.4. The van der Waals surface area contributed by atoms with Gasteiger partial charge in [-0.05, 0) is 18.2 Å². The highest BCUT2D eigenvalue weighted by Gasteiger charge is 2.29. The lowest BCUT2D eigenvalue weighted by atomic mass is 10.1. The monoisotopic (exact) mass is 472 g/mol. The minimum atomic E-state index is -4.66. The van der Waals surface area contributed by atoms with Crippen LogP contribution in [0.4, 0.5) is 17.6 Å². The van der Waals surface area contributed by atoms with Crippen molar-refractivity contribution in [2.24, 2.45) is 5.92 Å². The third-order valence-electron chi connectivity index (χ3n) is 4.31. The Morgan fingerprint density at radius 2 is 1.91 bits per heavy atom. The quantitative estimate of drug-likeness (QED) is 0.516. The SMILES string of the molecule is COc1nc(OCC(F)(F)F)c(F)cc1CNC(=O)c1cccnc1CCNC(=O)C(C)C. The zero-order chi connectivity index (χ0) is 24.6. The number of carbonyl (C=O) groups excluding carboxylic acids is 2. The highest BCUT2D eigenvalue weighted by molar-refractivity contribution is 5.95. The van der Waals surface area contributed by atoms with Crippen LogP contribution in [-0.4, -0.2) is 48.2 Å². The van der Waals surface area contributed by atoms with Crippen molar-refractivity contribution in [2.45, 2.75) is 33.0 Å². The maximum atomic E-state index is 14.1. The fourth-order valence-electron chi connectivity index (χ4n) is 2.67. The number of nitrogens with zero attached hydrogens (tertiary/aromatic N) is 2. The molecule has 0 fully saturated rings. The summed E-state index contributed by atoms with van der Waals surface area (Å²) in [6, 6.07) is 4.00. The molecule has 8 nitrogen and oxygen atoms in total. The molecule has 33 heavy (non-hydrogen) atoms. The molecule has 2 aromatic heterocycles. The summed E-state index contributed by atoms with van der Waals surface area (Å²) in [6.07, 6.45) is -2.84. The number of hydrogen-bond acceptors (Lipinski definition) is 6. The van der Waals surface area contributed by atoms with Gasteiger partial charge >= 0.3 is 6.18 Å². The van der Waals surface area contributed by atoms with Gasteiger partial charge in [0.1, 0.15) is 0 Å². The summed E-state index contributed by atoms with van der Waals surface area (Å²) in [5.74, 6) is -3.01. The molecule has 0 radical (unpaired) electrons. The van der Waals surface area contributed by atoms with Crippen molar-refractivity contribution in [1.29, 1.82) is 0 Å². The molecular formula is C21H24F4N4O4. The first-order valence-electron chi connectivity index (χ1n) is 9.94. The second-order valence-corrected chi connectivity index (χ2v) is 7.22. The molecule has 0 bridgehead atoms. The van der Waals surface area contributed by atoms with Crippen molar-refractivity contribution < 1.29 is 36.6 Å². The lowest BCUT2D eigenvalue weighted by molar-refractivity contribution is -0.154. The summed E-state index contributed by atoms with van der Waals surface area (Å²) < 4.78 is 60.4. The van der Waals surface area contributed by atoms with Gasteiger partial charge in [-0.3, -0.25) is 14.6 Å². The van der Waals surface area contributed by atoms with E-state index in [2.05, 4.69) is 25.3 Å². The maximum absolute atomic E-state index is 14.1. The first kappa shape index (κ1) is 25.8. The Balaban J connectivity index is 2.07. The van der Waals surface area contributed by atoms with Gasteiger partial charge in [0.15, 0.2) is 12.4 Å². The number of rotatable bonds is 10. The van der Waals surface area contributed by atoms with Crippen LogP contribution in [0.25, 0.3) is 0 Å². The number of halogens is 4. The van der Waals surface area contributed by atoms with Crippen LogP contribution in [0.1, 0.15) is 35.5 Å². The summed E-state index contributed by atoms with van der Waals surface area (Å²) in [4.78, 5) is 32.1. The van der Waals surface area contributed by atoms with E-state index in [0.29, 0.717) is 12.1 Å². The van der Waals surface area contributed by atoms with Gasteiger partial charge in [-0.25, -0.2) is 4.39 Å². The molecule has 2 amide bonds. The van der Waals surface area contributed by atoms with Crippen LogP contribution >= 0.6 is 0 Å². The van der Waals surface area contributed by atoms with Crippen LogP contribution in [0.5, 0.6) is 11.8 Å². The Bertz CT molecular complexity index is 983. The number of amides is 2. The largest absolute Gasteiger partial charge is 0.481 e. The van der Waals surface area contributed by atoms with E-state index in [0.717, 1.165) is 6.07 Å². The number of aromatic nitrogens is 2. The van der Waals surface area contributed by atoms with Crippen LogP contribution in [0.15, 0.2) is 24.4 Å². The predicted molar refractivity (Wildman–Crippen MR) is 109 cm³/mol. The molecule has 0 atom stereocenters. The average Bonchev–Trinajstić information content (AvgIpc) is 2.76. The summed E-state index contributed by atoms with van der Waals surface area (Å²) in [7, 11) is 1.20. The lowest BCUT2D eigenvalue weighted by Crippen LogP contribution is -2.30. The summed E-state index contributed by atoms with van der Waals surface area (Å²) in [6.45, 7) is 1.88. The molecule has 0 unspecified atom stereocenters. The lowest BCUT2D eigenvalue weighted by Gasteiger charge is -2.14. The molecule has 0 aliphatic heterocycles. The van der Waals surface area contributed by atoms with Gasteiger partial charge in [-0.1, -0.05) is 13.8 Å². The third kappa shape index (κ3) is 7.88. The molecular weight excluding hydrogens is 448 g/mol. The van der Waals surface area contributed by atoms with Crippen LogP contribution in [0.2, 0.25) is 0 Å². The Morgan fingerprint density at radius 3 is 2.55 bits per heavy atom. The van der Waals surface area contributed by atoms with Crippen molar-refractivity contribution in [3.8, 4) is 11.8 Å². The van der Waals surface area contributed by atoms with Crippen molar-refractivity contribution >= 4 is 11.8 Å². The Kier molecular flexibility index (Phi) is 8.94. The molecule has 0 saturated heterocycles. The van der Waals surface area contributed by atoms with E-state index in [-0.39, 0.29) is 41.9 Å². The highest BCUT2D eigenvalue weighted by atomic mass is 19.4. The van der Waals surface area contributed by atoms with Crippen molar-refractivity contribution in [1.82, 2.24) is 20.6 Å². The smallest absolute Gasteiger partial charge is 0.422 e. The molecule has 2 N–H and O–H groups in total. The van der Waals surface area contributed by atoms with E-state index in [1.165, 1.54) is 13.3 Å². The van der Waals surface area contributed by atoms with Crippen molar-refractivity contribution in [3.63, 3.8) is 0 Å². The number of ether oxygens (including phenoxy) is 2. The average molecular weight is 472 g/mol. The van der Waals surface area contributed by atoms with Crippen LogP contribution in [-0.2, 0) is 17.8 Å². The molecule has 0 spiro atoms. The minimum absolute atomic E-state index is 0.0948. The standard InChI is InChI=1S/C21H24F4N4O4/c1-12(2)17(30)27-8-6-16-14(5-4-7-26-16)18(31)28-10-13-9-15(22)20(29-19(13)32-3)33-11-21(23,24)25/h4-5,7,9,12H,6,8,10-11H2,1-3H3,(H,27,30)(H,28,31). The second-order valence-electron chi connectivity index (χ2n) is 7.22. The molecule has 2 rings (SSSR count). The van der Waals surface area contributed by atoms with Crippen LogP contribution in [0.3, 0.4) is 0 Å². The third-order valence-corrected chi connectivity index (χ3v) is 4.31. The number of carbonyl (C=O) groups is 2. The molecule has 2 aromatic rings. The maximum Gasteiger partial charge on any atom is 0.422 e. The number of alkyl halides is 3. The van der Waals surface area contributed by atoms with Crippen LogP contribution in [0, 0.1) is 11.7 Å². The van der Waals surface area contributed by atoms with Crippen LogP contribution < -0.4 is 20.1 Å². The fraction of sp³-hybridized carbons (Fsp3) is 0.429. The molecule has 0 aliphatic rings. The van der Waals surface area contributed by atoms with Gasteiger partial charge in [0.2, 0.25) is 11.8 Å². The van der Waals surface area contributed by atoms with E-state index >= 15 is 0 Å². The Morgan fingerprint density at radius 1 is 1.18 bits per heavy atom. The highest BCUT2D eigenvalue weighted by Crippen LogP contribution is 2.25. The molecule has 0 aromatic carbocycles. The van der Waals surface area contributed by atoms with E-state index in [4.69, 9.17) is 4.74 Å². The van der Waals surface area contributed by atoms with E-state index in [1.807, 2.05) is 0 Å². The zero-order valence-electron chi connectivity index (χ0n) is 18.3. The van der Waals surface area contributed by atoms with Gasteiger partial charge in [0.05, 0.1) is 18.4 Å². The van der Waals surface area contributed by atoms with Gasteiger partial charge < -0.3 is 20.1 Å². The predicted octanol–water partition coefficient (Wildman–Crippen LogP) is 2.81. The first-order valence-corrected chi connectivity index (χ1v) is 9.94. The summed E-state index contributed by atoms with van der Waals surface area (Å²) >= 11 is 0. The number of hydrogen-bond donors (Lipinski definition) is 2. The molecule has 12 heteroatoms. The van der Waals surface area contributed by atoms with E-state index in [1.54, 1.807) is 26.0 Å². The van der Waals surface area contributed by atoms with Crippen molar-refractivity contribution in [3.05, 3.63) is 47.0 Å². The molecule has 0 saturated carbocycles. The minimum Gasteiger partial charge on any atom is -0.481 e. The molecule has 0 aliphatic carbocycles. The molecule has 180 valence electrons. The fourth-order valence-corrected chi connectivity index (χ4v) is 2.67. The van der Waals surface area contributed by atoms with E-state index in [9.17, 15) is 27.2 Å². The Hall–Kier alpha value is -3.44. The first-order chi connectivity index (χ1) is 15.5. The summed E-state index contributed by atoms with van der Waals surface area (Å²) in [5, 5.41) is 5.32. The number of methoxy groups -OCH3 is 1. The van der Waals surface area contributed by atoms with Gasteiger partial charge in [0, 0.05) is 37.2 Å². The van der Waals surface area contributed by atoms with E-state index < -0.39 is 30.4 Å². The number of nitrogens with one attached hydrogen (secondary N) is 2. The van der Waals surface area contributed by atoms with Gasteiger partial charge in [-0.15, -0.1) is 0 Å². The zero-order valence-corrected chi connectivity index (χ0v) is 18.3. The summed E-state index contributed by atoms with van der Waals surface area (Å²) in [5.41, 5.74) is 0.803. The normalized spacial score (nSPS) is 11.3. The Labute approximate surface area is 187 Å². The van der Waals surface area contributed by atoms with Crippen molar-refractivity contribution in [2.75, 3.05) is 20.3 Å². The molecule has 2 heterocycles. The van der Waals surface area contributed by atoms with Gasteiger partial charge in [0.25, 0.3) is 11.8 Å². The number of pyridine rings is 2. The topological polar surface area (TPSA) is 102 Å². The van der Waals surface area contributed by atoms with Gasteiger partial charge in [-0.2, -0.15) is 18.2 Å².